The lowest BCUT2D eigenvalue weighted by Crippen LogP contribution is -2.41. The lowest BCUT2D eigenvalue weighted by molar-refractivity contribution is 0.203. The van der Waals surface area contributed by atoms with E-state index in [-0.39, 0.29) is 10.7 Å². The van der Waals surface area contributed by atoms with Crippen LogP contribution in [0.15, 0.2) is 57.7 Å². The molecule has 0 unspecified atom stereocenters. The normalized spacial score (nSPS) is 12.3. The summed E-state index contributed by atoms with van der Waals surface area (Å²) in [6.07, 6.45) is 0. The first kappa shape index (κ1) is 21.3. The average Bonchev–Trinajstić information content (AvgIpc) is 2.64. The van der Waals surface area contributed by atoms with Crippen LogP contribution in [0.5, 0.6) is 5.75 Å². The largest absolute Gasteiger partial charge is 0.491 e. The van der Waals surface area contributed by atoms with Crippen LogP contribution in [0, 0.1) is 6.92 Å². The second-order valence-electron chi connectivity index (χ2n) is 8.91. The van der Waals surface area contributed by atoms with Crippen molar-refractivity contribution in [2.24, 2.45) is 0 Å². The third-order valence-corrected chi connectivity index (χ3v) is 10.3. The molecule has 29 heavy (non-hydrogen) atoms. The van der Waals surface area contributed by atoms with Gasteiger partial charge in [-0.05, 0) is 48.3 Å². The molecular weight excluding hydrogens is 380 g/mol. The second-order valence-corrected chi connectivity index (χ2v) is 13.7. The van der Waals surface area contributed by atoms with Gasteiger partial charge in [0.1, 0.15) is 17.9 Å². The summed E-state index contributed by atoms with van der Waals surface area (Å²) in [5, 5.41) is 1.06. The molecule has 3 rings (SSSR count). The van der Waals surface area contributed by atoms with Crippen LogP contribution in [0.25, 0.3) is 22.1 Å². The van der Waals surface area contributed by atoms with E-state index in [1.54, 1.807) is 12.1 Å². The highest BCUT2D eigenvalue weighted by atomic mass is 28.4. The maximum absolute atomic E-state index is 12.1. The van der Waals surface area contributed by atoms with Gasteiger partial charge in [0.25, 0.3) is 0 Å². The van der Waals surface area contributed by atoms with Gasteiger partial charge < -0.3 is 13.6 Å². The molecule has 0 N–H and O–H groups in total. The molecule has 0 atom stereocenters. The van der Waals surface area contributed by atoms with Crippen molar-refractivity contribution in [2.75, 3.05) is 13.2 Å². The summed E-state index contributed by atoms with van der Waals surface area (Å²) in [7, 11) is -1.78. The second kappa shape index (κ2) is 8.17. The number of ether oxygens (including phenoxy) is 1. The first-order chi connectivity index (χ1) is 13.6. The molecule has 0 bridgehead atoms. The van der Waals surface area contributed by atoms with Gasteiger partial charge in [0.2, 0.25) is 0 Å². The maximum Gasteiger partial charge on any atom is 0.336 e. The summed E-state index contributed by atoms with van der Waals surface area (Å²) in [6, 6.07) is 15.2. The Morgan fingerprint density at radius 3 is 2.38 bits per heavy atom. The number of rotatable bonds is 6. The summed E-state index contributed by atoms with van der Waals surface area (Å²) >= 11 is 0. The first-order valence-corrected chi connectivity index (χ1v) is 12.9. The minimum atomic E-state index is -1.78. The smallest absolute Gasteiger partial charge is 0.336 e. The van der Waals surface area contributed by atoms with Crippen LogP contribution in [-0.4, -0.2) is 21.5 Å². The Labute approximate surface area is 173 Å². The van der Waals surface area contributed by atoms with Gasteiger partial charge in [0, 0.05) is 23.1 Å². The Morgan fingerprint density at radius 2 is 1.69 bits per heavy atom. The predicted octanol–water partition coefficient (Wildman–Crippen LogP) is 6.17. The summed E-state index contributed by atoms with van der Waals surface area (Å²) in [5.41, 5.74) is 3.18. The molecule has 0 spiro atoms. The molecular formula is C24H30O4Si. The minimum absolute atomic E-state index is 0.172. The summed E-state index contributed by atoms with van der Waals surface area (Å²) in [5.74, 6) is 0.668. The number of hydrogen-bond acceptors (Lipinski definition) is 4. The van der Waals surface area contributed by atoms with Crippen LogP contribution in [0.1, 0.15) is 26.3 Å². The maximum atomic E-state index is 12.1. The molecule has 154 valence electrons. The van der Waals surface area contributed by atoms with Gasteiger partial charge in [-0.1, -0.05) is 45.0 Å². The standard InChI is InChI=1S/C24H30O4Si/c1-17-9-7-8-10-19(17)21-16-23(25)28-22-15-18(11-12-20(21)22)26-13-14-27-29(5,6)24(2,3)4/h7-12,15-16H,13-14H2,1-6H3. The fraction of sp³-hybridized carbons (Fsp3) is 0.375. The average molecular weight is 411 g/mol. The molecule has 3 aromatic rings. The van der Waals surface area contributed by atoms with Gasteiger partial charge in [-0.15, -0.1) is 0 Å². The van der Waals surface area contributed by atoms with Gasteiger partial charge in [0.15, 0.2) is 8.32 Å². The Morgan fingerprint density at radius 1 is 0.966 bits per heavy atom. The van der Waals surface area contributed by atoms with Gasteiger partial charge in [-0.3, -0.25) is 0 Å². The zero-order valence-electron chi connectivity index (χ0n) is 18.2. The molecule has 0 fully saturated rings. The Bertz CT molecular complexity index is 1060. The molecule has 2 aromatic carbocycles. The van der Waals surface area contributed by atoms with E-state index in [4.69, 9.17) is 13.6 Å². The van der Waals surface area contributed by atoms with E-state index in [9.17, 15) is 4.79 Å². The number of aryl methyl sites for hydroxylation is 1. The number of benzene rings is 2. The minimum Gasteiger partial charge on any atom is -0.491 e. The van der Waals surface area contributed by atoms with E-state index >= 15 is 0 Å². The van der Waals surface area contributed by atoms with E-state index in [1.807, 2.05) is 43.3 Å². The quantitative estimate of drug-likeness (QED) is 0.277. The van der Waals surface area contributed by atoms with Crippen molar-refractivity contribution in [1.29, 1.82) is 0 Å². The summed E-state index contributed by atoms with van der Waals surface area (Å²) < 4.78 is 17.5. The Hall–Kier alpha value is -2.37. The number of fused-ring (bicyclic) bond motifs is 1. The molecule has 1 aromatic heterocycles. The third-order valence-electron chi connectivity index (χ3n) is 5.77. The first-order valence-electron chi connectivity index (χ1n) is 9.99. The molecule has 0 amide bonds. The third kappa shape index (κ3) is 4.79. The monoisotopic (exact) mass is 410 g/mol. The van der Waals surface area contributed by atoms with Crippen LogP contribution in [0.2, 0.25) is 18.1 Å². The van der Waals surface area contributed by atoms with Crippen LogP contribution >= 0.6 is 0 Å². The van der Waals surface area contributed by atoms with Crippen LogP contribution in [0.3, 0.4) is 0 Å². The molecule has 5 heteroatoms. The van der Waals surface area contributed by atoms with Gasteiger partial charge in [-0.2, -0.15) is 0 Å². The Kier molecular flexibility index (Phi) is 6.01. The van der Waals surface area contributed by atoms with Crippen molar-refractivity contribution >= 4 is 19.3 Å². The molecule has 0 saturated heterocycles. The molecule has 1 heterocycles. The van der Waals surface area contributed by atoms with Crippen molar-refractivity contribution in [3.8, 4) is 16.9 Å². The molecule has 0 aliphatic carbocycles. The van der Waals surface area contributed by atoms with Gasteiger partial charge in [-0.25, -0.2) is 4.79 Å². The molecule has 0 saturated carbocycles. The molecule has 0 radical (unpaired) electrons. The van der Waals surface area contributed by atoms with Crippen LogP contribution in [0.4, 0.5) is 0 Å². The fourth-order valence-corrected chi connectivity index (χ4v) is 4.03. The van der Waals surface area contributed by atoms with Crippen molar-refractivity contribution < 1.29 is 13.6 Å². The van der Waals surface area contributed by atoms with E-state index in [1.165, 1.54) is 0 Å². The lowest BCUT2D eigenvalue weighted by atomic mass is 9.98. The van der Waals surface area contributed by atoms with E-state index < -0.39 is 8.32 Å². The topological polar surface area (TPSA) is 48.7 Å². The van der Waals surface area contributed by atoms with Crippen molar-refractivity contribution in [2.45, 2.75) is 45.8 Å². The number of hydrogen-bond donors (Lipinski definition) is 0. The van der Waals surface area contributed by atoms with Gasteiger partial charge >= 0.3 is 5.63 Å². The molecule has 0 aliphatic heterocycles. The highest BCUT2D eigenvalue weighted by Gasteiger charge is 2.36. The summed E-state index contributed by atoms with van der Waals surface area (Å²) in [4.78, 5) is 12.1. The van der Waals surface area contributed by atoms with Crippen molar-refractivity contribution in [3.05, 3.63) is 64.5 Å². The van der Waals surface area contributed by atoms with Crippen molar-refractivity contribution in [3.63, 3.8) is 0 Å². The lowest BCUT2D eigenvalue weighted by Gasteiger charge is -2.36. The van der Waals surface area contributed by atoms with E-state index in [0.717, 1.165) is 22.1 Å². The fourth-order valence-electron chi connectivity index (χ4n) is 3.00. The Balaban J connectivity index is 1.79. The van der Waals surface area contributed by atoms with Crippen molar-refractivity contribution in [1.82, 2.24) is 0 Å². The zero-order valence-corrected chi connectivity index (χ0v) is 19.2. The summed E-state index contributed by atoms with van der Waals surface area (Å²) in [6.45, 7) is 14.2. The zero-order chi connectivity index (χ0) is 21.2. The highest BCUT2D eigenvalue weighted by molar-refractivity contribution is 6.74. The molecule has 0 aliphatic rings. The SMILES string of the molecule is Cc1ccccc1-c1cc(=O)oc2cc(OCCO[Si](C)(C)C(C)(C)C)ccc12. The van der Waals surface area contributed by atoms with E-state index in [0.29, 0.717) is 24.5 Å². The predicted molar refractivity (Wildman–Crippen MR) is 121 cm³/mol. The highest BCUT2D eigenvalue weighted by Crippen LogP contribution is 2.36. The van der Waals surface area contributed by atoms with Gasteiger partial charge in [0.05, 0.1) is 6.61 Å². The molecule has 4 nitrogen and oxygen atoms in total. The van der Waals surface area contributed by atoms with Crippen LogP contribution in [-0.2, 0) is 4.43 Å². The van der Waals surface area contributed by atoms with E-state index in [2.05, 4.69) is 33.9 Å². The van der Waals surface area contributed by atoms with Crippen LogP contribution < -0.4 is 10.4 Å².